The number of H-pyrrole nitrogens is 1. The highest BCUT2D eigenvalue weighted by atomic mass is 32.2. The molecule has 0 aliphatic heterocycles. The predicted octanol–water partition coefficient (Wildman–Crippen LogP) is 2.29. The fraction of sp³-hybridized carbons (Fsp3) is 0.0769. The first-order chi connectivity index (χ1) is 9.63. The first-order valence-electron chi connectivity index (χ1n) is 5.88. The van der Waals surface area contributed by atoms with Crippen molar-refractivity contribution in [1.29, 1.82) is 0 Å². The van der Waals surface area contributed by atoms with Gasteiger partial charge in [0.25, 0.3) is 0 Å². The number of fused-ring (bicyclic) bond motifs is 1. The minimum absolute atomic E-state index is 0.0494. The lowest BCUT2D eigenvalue weighted by atomic mass is 10.2. The average Bonchev–Trinajstić information content (AvgIpc) is 2.83. The van der Waals surface area contributed by atoms with E-state index in [0.29, 0.717) is 27.7 Å². The molecule has 0 fully saturated rings. The van der Waals surface area contributed by atoms with Crippen LogP contribution in [0.15, 0.2) is 40.6 Å². The summed E-state index contributed by atoms with van der Waals surface area (Å²) in [6.07, 6.45) is 1.38. The summed E-state index contributed by atoms with van der Waals surface area (Å²) in [5.74, 6) is 0.426. The van der Waals surface area contributed by atoms with E-state index in [1.54, 1.807) is 19.1 Å². The van der Waals surface area contributed by atoms with Crippen LogP contribution in [0, 0.1) is 0 Å². The van der Waals surface area contributed by atoms with Gasteiger partial charge in [0.1, 0.15) is 11.8 Å². The number of hydrogen-bond acceptors (Lipinski definition) is 6. The molecule has 0 amide bonds. The Labute approximate surface area is 118 Å². The molecular weight excluding hydrogens is 274 g/mol. The second kappa shape index (κ2) is 4.93. The number of nitrogens with zero attached hydrogens (tertiary/aromatic N) is 3. The van der Waals surface area contributed by atoms with Gasteiger partial charge in [-0.1, -0.05) is 23.9 Å². The van der Waals surface area contributed by atoms with Gasteiger partial charge >= 0.3 is 0 Å². The predicted molar refractivity (Wildman–Crippen MR) is 76.7 cm³/mol. The van der Waals surface area contributed by atoms with Crippen molar-refractivity contribution in [1.82, 2.24) is 19.9 Å². The van der Waals surface area contributed by atoms with Crippen LogP contribution in [0.25, 0.3) is 11.2 Å². The van der Waals surface area contributed by atoms with E-state index in [1.165, 1.54) is 18.1 Å². The van der Waals surface area contributed by atoms with Gasteiger partial charge in [-0.3, -0.25) is 4.79 Å². The second-order valence-corrected chi connectivity index (χ2v) is 5.24. The molecule has 0 aliphatic carbocycles. The molecule has 6 nitrogen and oxygen atoms in total. The zero-order valence-corrected chi connectivity index (χ0v) is 11.4. The number of benzene rings is 1. The Hall–Kier alpha value is -2.41. The molecule has 0 spiro atoms. The van der Waals surface area contributed by atoms with Gasteiger partial charge in [0, 0.05) is 10.5 Å². The second-order valence-electron chi connectivity index (χ2n) is 4.18. The fourth-order valence-electron chi connectivity index (χ4n) is 1.74. The van der Waals surface area contributed by atoms with E-state index in [2.05, 4.69) is 19.9 Å². The SMILES string of the molecule is CC(=O)c1ccc(Sc2nc3ncnc(N)c3[nH]2)cc1. The maximum Gasteiger partial charge on any atom is 0.183 e. The van der Waals surface area contributed by atoms with Crippen LogP contribution in [0.3, 0.4) is 0 Å². The van der Waals surface area contributed by atoms with E-state index >= 15 is 0 Å². The summed E-state index contributed by atoms with van der Waals surface area (Å²) in [6.45, 7) is 1.54. The molecule has 2 heterocycles. The molecule has 0 saturated carbocycles. The lowest BCUT2D eigenvalue weighted by Crippen LogP contribution is -1.91. The van der Waals surface area contributed by atoms with Crippen LogP contribution in [-0.2, 0) is 0 Å². The number of nitrogen functional groups attached to an aromatic ring is 1. The molecule has 7 heteroatoms. The number of anilines is 1. The first-order valence-corrected chi connectivity index (χ1v) is 6.70. The number of hydrogen-bond donors (Lipinski definition) is 2. The maximum absolute atomic E-state index is 11.2. The van der Waals surface area contributed by atoms with Crippen molar-refractivity contribution in [3.05, 3.63) is 36.2 Å². The minimum atomic E-state index is 0.0494. The minimum Gasteiger partial charge on any atom is -0.382 e. The van der Waals surface area contributed by atoms with Gasteiger partial charge < -0.3 is 10.7 Å². The Morgan fingerprint density at radius 2 is 2.00 bits per heavy atom. The molecule has 0 aliphatic rings. The number of aromatic amines is 1. The quantitative estimate of drug-likeness (QED) is 0.716. The molecule has 0 saturated heterocycles. The number of Topliss-reactive ketones (excluding diaryl/α,β-unsaturated/α-hetero) is 1. The van der Waals surface area contributed by atoms with E-state index in [0.717, 1.165) is 4.90 Å². The molecule has 2 aromatic heterocycles. The summed E-state index contributed by atoms with van der Waals surface area (Å²) in [5, 5.41) is 0.683. The van der Waals surface area contributed by atoms with Crippen molar-refractivity contribution in [2.45, 2.75) is 17.0 Å². The third-order valence-electron chi connectivity index (χ3n) is 2.77. The average molecular weight is 285 g/mol. The van der Waals surface area contributed by atoms with E-state index in [1.807, 2.05) is 12.1 Å². The largest absolute Gasteiger partial charge is 0.382 e. The molecule has 0 atom stereocenters. The van der Waals surface area contributed by atoms with Crippen LogP contribution in [0.5, 0.6) is 0 Å². The van der Waals surface area contributed by atoms with Crippen LogP contribution >= 0.6 is 11.8 Å². The Morgan fingerprint density at radius 1 is 1.25 bits per heavy atom. The lowest BCUT2D eigenvalue weighted by molar-refractivity contribution is 0.101. The molecule has 100 valence electrons. The molecule has 0 radical (unpaired) electrons. The van der Waals surface area contributed by atoms with E-state index in [9.17, 15) is 4.79 Å². The van der Waals surface area contributed by atoms with Crippen molar-refractivity contribution < 1.29 is 4.79 Å². The number of ketones is 1. The van der Waals surface area contributed by atoms with Crippen molar-refractivity contribution in [2.75, 3.05) is 5.73 Å². The highest BCUT2D eigenvalue weighted by molar-refractivity contribution is 7.99. The molecular formula is C13H11N5OS. The molecule has 0 unspecified atom stereocenters. The molecule has 3 aromatic rings. The van der Waals surface area contributed by atoms with Crippen LogP contribution in [0.4, 0.5) is 5.82 Å². The number of carbonyl (C=O) groups is 1. The summed E-state index contributed by atoms with van der Waals surface area (Å²) in [4.78, 5) is 27.6. The van der Waals surface area contributed by atoms with Gasteiger partial charge in [0.05, 0.1) is 0 Å². The number of rotatable bonds is 3. The zero-order valence-electron chi connectivity index (χ0n) is 10.6. The number of aromatic nitrogens is 4. The highest BCUT2D eigenvalue weighted by Gasteiger charge is 2.09. The third-order valence-corrected chi connectivity index (χ3v) is 3.67. The number of carbonyl (C=O) groups excluding carboxylic acids is 1. The van der Waals surface area contributed by atoms with Gasteiger partial charge in [-0.25, -0.2) is 15.0 Å². The lowest BCUT2D eigenvalue weighted by Gasteiger charge is -1.99. The summed E-state index contributed by atoms with van der Waals surface area (Å²) in [6, 6.07) is 7.34. The van der Waals surface area contributed by atoms with E-state index in [-0.39, 0.29) is 5.78 Å². The standard InChI is InChI=1S/C13H11N5OS/c1-7(19)8-2-4-9(5-3-8)20-13-17-10-11(14)15-6-16-12(10)18-13/h2-6H,1H3,(H3,14,15,16,17,18). The van der Waals surface area contributed by atoms with Crippen molar-refractivity contribution in [2.24, 2.45) is 0 Å². The Kier molecular flexibility index (Phi) is 3.11. The number of nitrogens with two attached hydrogens (primary N) is 1. The Morgan fingerprint density at radius 3 is 2.65 bits per heavy atom. The fourth-order valence-corrected chi connectivity index (χ4v) is 2.52. The maximum atomic E-state index is 11.2. The third kappa shape index (κ3) is 2.35. The molecule has 0 bridgehead atoms. The number of imidazole rings is 1. The van der Waals surface area contributed by atoms with Gasteiger partial charge in [0.15, 0.2) is 22.4 Å². The number of nitrogens with one attached hydrogen (secondary N) is 1. The van der Waals surface area contributed by atoms with Crippen LogP contribution in [0.2, 0.25) is 0 Å². The summed E-state index contributed by atoms with van der Waals surface area (Å²) < 4.78 is 0. The Bertz CT molecular complexity index is 781. The highest BCUT2D eigenvalue weighted by Crippen LogP contribution is 2.27. The van der Waals surface area contributed by atoms with Gasteiger partial charge in [0.2, 0.25) is 0 Å². The molecule has 1 aromatic carbocycles. The van der Waals surface area contributed by atoms with Gasteiger partial charge in [-0.15, -0.1) is 0 Å². The molecule has 3 N–H and O–H groups in total. The normalized spacial score (nSPS) is 10.8. The summed E-state index contributed by atoms with van der Waals surface area (Å²) in [5.41, 5.74) is 7.61. The van der Waals surface area contributed by atoms with Gasteiger partial charge in [-0.2, -0.15) is 0 Å². The molecule has 3 rings (SSSR count). The smallest absolute Gasteiger partial charge is 0.183 e. The van der Waals surface area contributed by atoms with Crippen molar-refractivity contribution in [3.63, 3.8) is 0 Å². The van der Waals surface area contributed by atoms with Crippen LogP contribution < -0.4 is 5.73 Å². The van der Waals surface area contributed by atoms with E-state index in [4.69, 9.17) is 5.73 Å². The van der Waals surface area contributed by atoms with Crippen LogP contribution in [-0.4, -0.2) is 25.7 Å². The van der Waals surface area contributed by atoms with Gasteiger partial charge in [-0.05, 0) is 19.1 Å². The van der Waals surface area contributed by atoms with Crippen molar-refractivity contribution in [3.8, 4) is 0 Å². The molecule has 20 heavy (non-hydrogen) atoms. The van der Waals surface area contributed by atoms with E-state index < -0.39 is 0 Å². The summed E-state index contributed by atoms with van der Waals surface area (Å²) in [7, 11) is 0. The monoisotopic (exact) mass is 285 g/mol. The zero-order chi connectivity index (χ0) is 14.1. The van der Waals surface area contributed by atoms with Crippen molar-refractivity contribution >= 4 is 34.5 Å². The topological polar surface area (TPSA) is 97.6 Å². The Balaban J connectivity index is 1.89. The van der Waals surface area contributed by atoms with Crippen LogP contribution in [0.1, 0.15) is 17.3 Å². The first kappa shape index (κ1) is 12.6. The summed E-state index contributed by atoms with van der Waals surface area (Å²) >= 11 is 1.44.